The topological polar surface area (TPSA) is 59.1 Å². The van der Waals surface area contributed by atoms with Crippen LogP contribution in [-0.4, -0.2) is 29.2 Å². The molecule has 1 aromatic carbocycles. The smallest absolute Gasteiger partial charge is 0.225 e. The highest BCUT2D eigenvalue weighted by atomic mass is 32.1. The second kappa shape index (κ2) is 7.15. The Morgan fingerprint density at radius 2 is 2.08 bits per heavy atom. The van der Waals surface area contributed by atoms with Crippen LogP contribution in [0.3, 0.4) is 0 Å². The van der Waals surface area contributed by atoms with Crippen molar-refractivity contribution in [3.8, 4) is 0 Å². The molecule has 0 spiro atoms. The maximum absolute atomic E-state index is 5.69. The number of thiophene rings is 1. The van der Waals surface area contributed by atoms with Crippen molar-refractivity contribution in [1.29, 1.82) is 0 Å². The summed E-state index contributed by atoms with van der Waals surface area (Å²) in [5.74, 6) is 1.52. The standard InChI is InChI=1S/C18H20N4OS/c1-2-8-16-15(7-1)17(19-11-13-5-3-9-23-13)22-18(21-16)20-12-14-6-4-10-24-14/h1-2,4,6-8,10,13H,3,5,9,11-12H2,(H2,19,20,21,22). The number of benzene rings is 1. The van der Waals surface area contributed by atoms with Gasteiger partial charge in [0.25, 0.3) is 0 Å². The fourth-order valence-corrected chi connectivity index (χ4v) is 3.53. The SMILES string of the molecule is c1csc(CNc2nc(NCC3CCCO3)c3ccccc3n2)c1. The largest absolute Gasteiger partial charge is 0.376 e. The molecule has 0 amide bonds. The molecule has 2 aromatic heterocycles. The van der Waals surface area contributed by atoms with Gasteiger partial charge >= 0.3 is 0 Å². The third-order valence-electron chi connectivity index (χ3n) is 4.13. The molecule has 0 saturated carbocycles. The van der Waals surface area contributed by atoms with Crippen LogP contribution in [0.1, 0.15) is 17.7 Å². The number of anilines is 2. The third-order valence-corrected chi connectivity index (χ3v) is 5.00. The molecule has 1 saturated heterocycles. The van der Waals surface area contributed by atoms with Crippen LogP contribution in [-0.2, 0) is 11.3 Å². The molecule has 2 N–H and O–H groups in total. The number of ether oxygens (including phenoxy) is 1. The number of fused-ring (bicyclic) bond motifs is 1. The molecule has 1 atom stereocenters. The molecule has 0 aliphatic carbocycles. The second-order valence-corrected chi connectivity index (χ2v) is 6.89. The van der Waals surface area contributed by atoms with Crippen molar-refractivity contribution in [2.75, 3.05) is 23.8 Å². The molecule has 0 bridgehead atoms. The van der Waals surface area contributed by atoms with E-state index in [-0.39, 0.29) is 6.10 Å². The van der Waals surface area contributed by atoms with Crippen molar-refractivity contribution in [2.24, 2.45) is 0 Å². The molecular formula is C18H20N4OS. The average Bonchev–Trinajstić information content (AvgIpc) is 3.31. The van der Waals surface area contributed by atoms with E-state index in [9.17, 15) is 0 Å². The van der Waals surface area contributed by atoms with Crippen LogP contribution in [0.25, 0.3) is 10.9 Å². The minimum Gasteiger partial charge on any atom is -0.376 e. The van der Waals surface area contributed by atoms with Gasteiger partial charge in [0.2, 0.25) is 5.95 Å². The average molecular weight is 340 g/mol. The van der Waals surface area contributed by atoms with E-state index < -0.39 is 0 Å². The second-order valence-electron chi connectivity index (χ2n) is 5.86. The van der Waals surface area contributed by atoms with Crippen LogP contribution < -0.4 is 10.6 Å². The van der Waals surface area contributed by atoms with Gasteiger partial charge in [-0.1, -0.05) is 18.2 Å². The lowest BCUT2D eigenvalue weighted by atomic mass is 10.2. The number of hydrogen-bond acceptors (Lipinski definition) is 6. The number of rotatable bonds is 6. The van der Waals surface area contributed by atoms with E-state index in [0.29, 0.717) is 5.95 Å². The number of hydrogen-bond donors (Lipinski definition) is 2. The zero-order chi connectivity index (χ0) is 16.2. The lowest BCUT2D eigenvalue weighted by Gasteiger charge is -2.14. The minimum atomic E-state index is 0.279. The van der Waals surface area contributed by atoms with Gasteiger partial charge < -0.3 is 15.4 Å². The predicted octanol–water partition coefficient (Wildman–Crippen LogP) is 3.89. The van der Waals surface area contributed by atoms with Gasteiger partial charge in [0.05, 0.1) is 18.2 Å². The van der Waals surface area contributed by atoms with Gasteiger partial charge in [-0.2, -0.15) is 4.98 Å². The Morgan fingerprint density at radius 1 is 1.12 bits per heavy atom. The van der Waals surface area contributed by atoms with Crippen LogP contribution >= 0.6 is 11.3 Å². The van der Waals surface area contributed by atoms with Crippen molar-refractivity contribution in [1.82, 2.24) is 9.97 Å². The first kappa shape index (κ1) is 15.4. The summed E-state index contributed by atoms with van der Waals surface area (Å²) in [5.41, 5.74) is 0.941. The van der Waals surface area contributed by atoms with Gasteiger partial charge in [-0.3, -0.25) is 0 Å². The van der Waals surface area contributed by atoms with Crippen molar-refractivity contribution < 1.29 is 4.74 Å². The monoisotopic (exact) mass is 340 g/mol. The van der Waals surface area contributed by atoms with Gasteiger partial charge in [0.1, 0.15) is 5.82 Å². The molecule has 1 aliphatic rings. The van der Waals surface area contributed by atoms with E-state index in [1.807, 2.05) is 18.2 Å². The molecule has 5 nitrogen and oxygen atoms in total. The lowest BCUT2D eigenvalue weighted by Crippen LogP contribution is -2.19. The molecule has 1 fully saturated rings. The minimum absolute atomic E-state index is 0.279. The Labute approximate surface area is 145 Å². The first-order chi connectivity index (χ1) is 11.9. The van der Waals surface area contributed by atoms with Crippen molar-refractivity contribution >= 4 is 34.0 Å². The van der Waals surface area contributed by atoms with Crippen LogP contribution in [0.15, 0.2) is 41.8 Å². The third kappa shape index (κ3) is 3.49. The van der Waals surface area contributed by atoms with Gasteiger partial charge in [-0.25, -0.2) is 4.98 Å². The highest BCUT2D eigenvalue weighted by molar-refractivity contribution is 7.09. The molecule has 24 heavy (non-hydrogen) atoms. The van der Waals surface area contributed by atoms with Crippen LogP contribution in [0.5, 0.6) is 0 Å². The van der Waals surface area contributed by atoms with E-state index in [4.69, 9.17) is 4.74 Å². The Balaban J connectivity index is 1.55. The van der Waals surface area contributed by atoms with Crippen molar-refractivity contribution in [3.63, 3.8) is 0 Å². The van der Waals surface area contributed by atoms with Gasteiger partial charge in [-0.05, 0) is 36.4 Å². The summed E-state index contributed by atoms with van der Waals surface area (Å²) in [6, 6.07) is 12.2. The fraction of sp³-hybridized carbons (Fsp3) is 0.333. The summed E-state index contributed by atoms with van der Waals surface area (Å²) in [6.45, 7) is 2.39. The zero-order valence-corrected chi connectivity index (χ0v) is 14.2. The van der Waals surface area contributed by atoms with Crippen LogP contribution in [0, 0.1) is 0 Å². The summed E-state index contributed by atoms with van der Waals surface area (Å²) in [5, 5.41) is 9.89. The summed E-state index contributed by atoms with van der Waals surface area (Å²) in [6.07, 6.45) is 2.53. The first-order valence-corrected chi connectivity index (χ1v) is 9.15. The fourth-order valence-electron chi connectivity index (χ4n) is 2.89. The molecule has 3 aromatic rings. The summed E-state index contributed by atoms with van der Waals surface area (Å²) < 4.78 is 5.69. The molecule has 0 radical (unpaired) electrons. The molecule has 124 valence electrons. The van der Waals surface area contributed by atoms with Crippen molar-refractivity contribution in [3.05, 3.63) is 46.7 Å². The molecule has 1 unspecified atom stereocenters. The first-order valence-electron chi connectivity index (χ1n) is 8.27. The molecule has 6 heteroatoms. The maximum atomic E-state index is 5.69. The lowest BCUT2D eigenvalue weighted by molar-refractivity contribution is 0.120. The normalized spacial score (nSPS) is 17.2. The summed E-state index contributed by atoms with van der Waals surface area (Å²) in [7, 11) is 0. The Hall–Kier alpha value is -2.18. The number of para-hydroxylation sites is 1. The molecule has 4 rings (SSSR count). The summed E-state index contributed by atoms with van der Waals surface area (Å²) in [4.78, 5) is 10.6. The van der Waals surface area contributed by atoms with E-state index in [1.54, 1.807) is 11.3 Å². The number of nitrogens with zero attached hydrogens (tertiary/aromatic N) is 2. The van der Waals surface area contributed by atoms with E-state index in [0.717, 1.165) is 49.3 Å². The molecular weight excluding hydrogens is 320 g/mol. The van der Waals surface area contributed by atoms with Crippen molar-refractivity contribution in [2.45, 2.75) is 25.5 Å². The number of aromatic nitrogens is 2. The predicted molar refractivity (Wildman–Crippen MR) is 98.6 cm³/mol. The van der Waals surface area contributed by atoms with Gasteiger partial charge in [0, 0.05) is 23.4 Å². The Morgan fingerprint density at radius 3 is 2.92 bits per heavy atom. The van der Waals surface area contributed by atoms with E-state index >= 15 is 0 Å². The number of nitrogens with one attached hydrogen (secondary N) is 2. The maximum Gasteiger partial charge on any atom is 0.225 e. The highest BCUT2D eigenvalue weighted by Gasteiger charge is 2.16. The Bertz CT molecular complexity index is 800. The van der Waals surface area contributed by atoms with E-state index in [1.165, 1.54) is 4.88 Å². The summed E-state index contributed by atoms with van der Waals surface area (Å²) >= 11 is 1.73. The molecule has 1 aliphatic heterocycles. The zero-order valence-electron chi connectivity index (χ0n) is 13.4. The Kier molecular flexibility index (Phi) is 4.57. The van der Waals surface area contributed by atoms with Crippen LogP contribution in [0.4, 0.5) is 11.8 Å². The van der Waals surface area contributed by atoms with Crippen LogP contribution in [0.2, 0.25) is 0 Å². The van der Waals surface area contributed by atoms with E-state index in [2.05, 4.69) is 44.2 Å². The highest BCUT2D eigenvalue weighted by Crippen LogP contribution is 2.23. The van der Waals surface area contributed by atoms with Gasteiger partial charge in [-0.15, -0.1) is 11.3 Å². The molecule has 3 heterocycles. The quantitative estimate of drug-likeness (QED) is 0.713. The van der Waals surface area contributed by atoms with Gasteiger partial charge in [0.15, 0.2) is 0 Å².